The van der Waals surface area contributed by atoms with Gasteiger partial charge in [0.1, 0.15) is 0 Å². The number of fused-ring (bicyclic) bond motifs is 1. The SMILES string of the molecule is O=C(Nc1cccc(C(F)(F)F)c1)Nc1nc2ccc(Br)cc2s1. The highest BCUT2D eigenvalue weighted by Gasteiger charge is 2.30. The number of carbonyl (C=O) groups is 1. The Bertz CT molecular complexity index is 910. The predicted octanol–water partition coefficient (Wildman–Crippen LogP) is 5.72. The number of nitrogens with one attached hydrogen (secondary N) is 2. The Morgan fingerprint density at radius 3 is 2.67 bits per heavy atom. The number of benzene rings is 2. The number of carbonyl (C=O) groups excluding carboxylic acids is 1. The molecule has 124 valence electrons. The summed E-state index contributed by atoms with van der Waals surface area (Å²) in [6, 6.07) is 9.25. The van der Waals surface area contributed by atoms with Gasteiger partial charge in [0.05, 0.1) is 15.8 Å². The van der Waals surface area contributed by atoms with Crippen LogP contribution in [0.2, 0.25) is 0 Å². The number of hydrogen-bond donors (Lipinski definition) is 2. The van der Waals surface area contributed by atoms with Gasteiger partial charge in [0.15, 0.2) is 5.13 Å². The van der Waals surface area contributed by atoms with Gasteiger partial charge in [-0.15, -0.1) is 0 Å². The summed E-state index contributed by atoms with van der Waals surface area (Å²) in [7, 11) is 0. The molecular formula is C15H9BrF3N3OS. The van der Waals surface area contributed by atoms with Crippen LogP contribution in [0, 0.1) is 0 Å². The second-order valence-corrected chi connectivity index (χ2v) is 6.74. The normalized spacial score (nSPS) is 11.5. The van der Waals surface area contributed by atoms with Gasteiger partial charge in [-0.05, 0) is 36.4 Å². The van der Waals surface area contributed by atoms with Gasteiger partial charge in [-0.2, -0.15) is 13.2 Å². The maximum absolute atomic E-state index is 12.7. The van der Waals surface area contributed by atoms with Crippen LogP contribution in [0.25, 0.3) is 10.2 Å². The van der Waals surface area contributed by atoms with Crippen LogP contribution in [0.5, 0.6) is 0 Å². The van der Waals surface area contributed by atoms with Crippen LogP contribution in [-0.2, 0) is 6.18 Å². The highest BCUT2D eigenvalue weighted by molar-refractivity contribution is 9.10. The lowest BCUT2D eigenvalue weighted by Gasteiger charge is -2.09. The molecule has 24 heavy (non-hydrogen) atoms. The van der Waals surface area contributed by atoms with Gasteiger partial charge in [0.2, 0.25) is 0 Å². The first-order valence-corrected chi connectivity index (χ1v) is 8.23. The Labute approximate surface area is 146 Å². The predicted molar refractivity (Wildman–Crippen MR) is 91.4 cm³/mol. The Morgan fingerprint density at radius 1 is 1.12 bits per heavy atom. The molecule has 9 heteroatoms. The minimum absolute atomic E-state index is 0.0474. The molecule has 3 rings (SSSR count). The molecule has 0 fully saturated rings. The molecule has 0 atom stereocenters. The van der Waals surface area contributed by atoms with Crippen LogP contribution in [0.3, 0.4) is 0 Å². The first kappa shape index (κ1) is 16.7. The van der Waals surface area contributed by atoms with Crippen LogP contribution in [-0.4, -0.2) is 11.0 Å². The van der Waals surface area contributed by atoms with Crippen LogP contribution >= 0.6 is 27.3 Å². The molecule has 3 aromatic rings. The molecule has 2 aromatic carbocycles. The number of thiazole rings is 1. The summed E-state index contributed by atoms with van der Waals surface area (Å²) in [4.78, 5) is 16.2. The molecule has 0 aliphatic heterocycles. The number of halogens is 4. The lowest BCUT2D eigenvalue weighted by molar-refractivity contribution is -0.137. The third-order valence-corrected chi connectivity index (χ3v) is 4.45. The van der Waals surface area contributed by atoms with Crippen molar-refractivity contribution in [2.24, 2.45) is 0 Å². The summed E-state index contributed by atoms with van der Waals surface area (Å²) in [5.41, 5.74) is -0.0612. The average molecular weight is 416 g/mol. The first-order chi connectivity index (χ1) is 11.3. The molecule has 0 bridgehead atoms. The zero-order chi connectivity index (χ0) is 17.3. The number of alkyl halides is 3. The summed E-state index contributed by atoms with van der Waals surface area (Å²) in [6.45, 7) is 0. The first-order valence-electron chi connectivity index (χ1n) is 6.62. The van der Waals surface area contributed by atoms with Crippen molar-refractivity contribution in [3.63, 3.8) is 0 Å². The van der Waals surface area contributed by atoms with E-state index in [-0.39, 0.29) is 5.69 Å². The van der Waals surface area contributed by atoms with Gasteiger partial charge in [-0.25, -0.2) is 9.78 Å². The number of anilines is 2. The molecule has 2 N–H and O–H groups in total. The standard InChI is InChI=1S/C15H9BrF3N3OS/c16-9-4-5-11-12(7-9)24-14(21-11)22-13(23)20-10-3-1-2-8(6-10)15(17,18)19/h1-7H,(H2,20,21,22,23). The quantitative estimate of drug-likeness (QED) is 0.562. The van der Waals surface area contributed by atoms with Crippen molar-refractivity contribution in [3.05, 3.63) is 52.5 Å². The summed E-state index contributed by atoms with van der Waals surface area (Å²) in [6.07, 6.45) is -4.46. The van der Waals surface area contributed by atoms with Gasteiger partial charge in [-0.1, -0.05) is 33.3 Å². The van der Waals surface area contributed by atoms with E-state index in [1.54, 1.807) is 6.07 Å². The highest BCUT2D eigenvalue weighted by atomic mass is 79.9. The third kappa shape index (κ3) is 3.85. The number of rotatable bonds is 2. The average Bonchev–Trinajstić information content (AvgIpc) is 2.87. The fourth-order valence-electron chi connectivity index (χ4n) is 1.98. The van der Waals surface area contributed by atoms with Gasteiger partial charge in [-0.3, -0.25) is 5.32 Å². The Morgan fingerprint density at radius 2 is 1.92 bits per heavy atom. The van der Waals surface area contributed by atoms with Crippen molar-refractivity contribution in [2.75, 3.05) is 10.6 Å². The monoisotopic (exact) mass is 415 g/mol. The second kappa shape index (κ2) is 6.40. The molecule has 0 aliphatic carbocycles. The minimum atomic E-state index is -4.46. The maximum atomic E-state index is 12.7. The van der Waals surface area contributed by atoms with Crippen LogP contribution in [0.4, 0.5) is 28.8 Å². The van der Waals surface area contributed by atoms with E-state index in [9.17, 15) is 18.0 Å². The molecule has 1 aromatic heterocycles. The van der Waals surface area contributed by atoms with Crippen molar-refractivity contribution < 1.29 is 18.0 Å². The van der Waals surface area contributed by atoms with E-state index in [0.717, 1.165) is 26.8 Å². The van der Waals surface area contributed by atoms with Gasteiger partial charge < -0.3 is 5.32 Å². The molecule has 0 aliphatic rings. The number of hydrogen-bond acceptors (Lipinski definition) is 3. The molecule has 4 nitrogen and oxygen atoms in total. The Balaban J connectivity index is 1.73. The molecule has 0 radical (unpaired) electrons. The molecular weight excluding hydrogens is 407 g/mol. The lowest BCUT2D eigenvalue weighted by atomic mass is 10.2. The van der Waals surface area contributed by atoms with Crippen LogP contribution in [0.1, 0.15) is 5.56 Å². The van der Waals surface area contributed by atoms with Crippen molar-refractivity contribution in [3.8, 4) is 0 Å². The zero-order valence-electron chi connectivity index (χ0n) is 11.8. The smallest absolute Gasteiger partial charge is 0.308 e. The van der Waals surface area contributed by atoms with Crippen molar-refractivity contribution in [1.82, 2.24) is 4.98 Å². The van der Waals surface area contributed by atoms with Crippen molar-refractivity contribution >= 4 is 54.3 Å². The van der Waals surface area contributed by atoms with Crippen LogP contribution in [0.15, 0.2) is 46.9 Å². The van der Waals surface area contributed by atoms with E-state index < -0.39 is 17.8 Å². The van der Waals surface area contributed by atoms with Gasteiger partial charge in [0, 0.05) is 10.2 Å². The summed E-state index contributed by atoms with van der Waals surface area (Å²) in [5.74, 6) is 0. The van der Waals surface area contributed by atoms with Crippen LogP contribution < -0.4 is 10.6 Å². The van der Waals surface area contributed by atoms with E-state index in [1.807, 2.05) is 12.1 Å². The molecule has 0 spiro atoms. The fourth-order valence-corrected chi connectivity index (χ4v) is 3.40. The number of aromatic nitrogens is 1. The summed E-state index contributed by atoms with van der Waals surface area (Å²) < 4.78 is 39.7. The minimum Gasteiger partial charge on any atom is -0.308 e. The second-order valence-electron chi connectivity index (χ2n) is 4.79. The van der Waals surface area contributed by atoms with E-state index in [0.29, 0.717) is 5.13 Å². The summed E-state index contributed by atoms with van der Waals surface area (Å²) in [5, 5.41) is 5.24. The summed E-state index contributed by atoms with van der Waals surface area (Å²) >= 11 is 4.61. The molecule has 0 saturated heterocycles. The highest BCUT2D eigenvalue weighted by Crippen LogP contribution is 2.31. The fraction of sp³-hybridized carbons (Fsp3) is 0.0667. The zero-order valence-corrected chi connectivity index (χ0v) is 14.2. The molecule has 0 unspecified atom stereocenters. The van der Waals surface area contributed by atoms with Crippen molar-refractivity contribution in [2.45, 2.75) is 6.18 Å². The van der Waals surface area contributed by atoms with E-state index in [2.05, 4.69) is 31.5 Å². The molecule has 2 amide bonds. The van der Waals surface area contributed by atoms with E-state index >= 15 is 0 Å². The number of urea groups is 1. The largest absolute Gasteiger partial charge is 0.416 e. The van der Waals surface area contributed by atoms with Gasteiger partial charge in [0.25, 0.3) is 0 Å². The molecule has 1 heterocycles. The van der Waals surface area contributed by atoms with E-state index in [4.69, 9.17) is 0 Å². The Hall–Kier alpha value is -2.13. The van der Waals surface area contributed by atoms with E-state index in [1.165, 1.54) is 23.5 Å². The maximum Gasteiger partial charge on any atom is 0.416 e. The molecule has 0 saturated carbocycles. The third-order valence-electron chi connectivity index (χ3n) is 3.02. The topological polar surface area (TPSA) is 54.0 Å². The number of amides is 2. The number of nitrogens with zero attached hydrogens (tertiary/aromatic N) is 1. The Kier molecular flexibility index (Phi) is 4.46. The lowest BCUT2D eigenvalue weighted by Crippen LogP contribution is -2.19. The van der Waals surface area contributed by atoms with Crippen molar-refractivity contribution in [1.29, 1.82) is 0 Å². The van der Waals surface area contributed by atoms with Gasteiger partial charge >= 0.3 is 12.2 Å².